The predicted molar refractivity (Wildman–Crippen MR) is 68.6 cm³/mol. The molecule has 1 unspecified atom stereocenters. The number of urea groups is 1. The molecule has 4 saturated carbocycles. The maximum Gasteiger partial charge on any atom is 0.339 e. The van der Waals surface area contributed by atoms with E-state index in [-0.39, 0.29) is 11.9 Å². The van der Waals surface area contributed by atoms with Gasteiger partial charge in [0.1, 0.15) is 6.04 Å². The fourth-order valence-electron chi connectivity index (χ4n) is 5.66. The quantitative estimate of drug-likeness (QED) is 0.449. The van der Waals surface area contributed by atoms with Gasteiger partial charge in [0.15, 0.2) is 0 Å². The van der Waals surface area contributed by atoms with Gasteiger partial charge in [0.2, 0.25) is 0 Å². The van der Waals surface area contributed by atoms with E-state index in [2.05, 4.69) is 5.32 Å². The molecular formula is C14H21N3O2. The van der Waals surface area contributed by atoms with E-state index in [0.717, 1.165) is 29.2 Å². The average Bonchev–Trinajstić information content (AvgIpc) is 2.54. The standard InChI is InChI=1S/C14H21N3O2/c15-17-12(18)11(16-13(17)19)7-14-4-8-1-9(5-14)3-10(2-8)6-14/h8-11H,1-7,15H2,(H,16,19). The van der Waals surface area contributed by atoms with Crippen molar-refractivity contribution >= 4 is 11.9 Å². The van der Waals surface area contributed by atoms with E-state index >= 15 is 0 Å². The van der Waals surface area contributed by atoms with E-state index < -0.39 is 6.03 Å². The number of hydrazine groups is 1. The summed E-state index contributed by atoms with van der Waals surface area (Å²) in [7, 11) is 0. The number of nitrogens with one attached hydrogen (secondary N) is 1. The number of carbonyl (C=O) groups excluding carboxylic acids is 2. The molecular weight excluding hydrogens is 242 g/mol. The summed E-state index contributed by atoms with van der Waals surface area (Å²) < 4.78 is 0. The van der Waals surface area contributed by atoms with Gasteiger partial charge in [-0.05, 0) is 68.1 Å². The van der Waals surface area contributed by atoms with Gasteiger partial charge in [-0.25, -0.2) is 10.6 Å². The molecule has 5 rings (SSSR count). The lowest BCUT2D eigenvalue weighted by Crippen LogP contribution is -2.49. The van der Waals surface area contributed by atoms with Crippen LogP contribution in [0.3, 0.4) is 0 Å². The van der Waals surface area contributed by atoms with E-state index in [1.807, 2.05) is 0 Å². The number of rotatable bonds is 2. The lowest BCUT2D eigenvalue weighted by molar-refractivity contribution is -0.130. The first kappa shape index (κ1) is 11.7. The highest BCUT2D eigenvalue weighted by Gasteiger charge is 2.53. The molecule has 4 aliphatic carbocycles. The Morgan fingerprint density at radius 3 is 2.05 bits per heavy atom. The van der Waals surface area contributed by atoms with E-state index in [9.17, 15) is 9.59 Å². The van der Waals surface area contributed by atoms with Crippen molar-refractivity contribution in [2.45, 2.75) is 51.0 Å². The summed E-state index contributed by atoms with van der Waals surface area (Å²) in [5.74, 6) is 7.81. The minimum absolute atomic E-state index is 0.249. The van der Waals surface area contributed by atoms with Crippen LogP contribution in [0.25, 0.3) is 0 Å². The molecule has 5 aliphatic rings. The monoisotopic (exact) mass is 263 g/mol. The molecule has 0 radical (unpaired) electrons. The second kappa shape index (κ2) is 3.72. The number of nitrogens with two attached hydrogens (primary N) is 1. The van der Waals surface area contributed by atoms with Gasteiger partial charge >= 0.3 is 6.03 Å². The van der Waals surface area contributed by atoms with Crippen molar-refractivity contribution < 1.29 is 9.59 Å². The van der Waals surface area contributed by atoms with E-state index in [1.165, 1.54) is 38.5 Å². The highest BCUT2D eigenvalue weighted by atomic mass is 16.2. The Balaban J connectivity index is 1.54. The van der Waals surface area contributed by atoms with Crippen LogP contribution < -0.4 is 11.2 Å². The Morgan fingerprint density at radius 2 is 1.63 bits per heavy atom. The number of hydrogen-bond acceptors (Lipinski definition) is 3. The van der Waals surface area contributed by atoms with Gasteiger partial charge in [0.05, 0.1) is 0 Å². The molecule has 1 saturated heterocycles. The fourth-order valence-corrected chi connectivity index (χ4v) is 5.66. The Morgan fingerprint density at radius 1 is 1.11 bits per heavy atom. The zero-order chi connectivity index (χ0) is 13.2. The van der Waals surface area contributed by atoms with Crippen molar-refractivity contribution in [2.75, 3.05) is 0 Å². The smallest absolute Gasteiger partial charge is 0.325 e. The fraction of sp³-hybridized carbons (Fsp3) is 0.857. The van der Waals surface area contributed by atoms with Crippen LogP contribution in [0.5, 0.6) is 0 Å². The molecule has 0 spiro atoms. The molecule has 1 atom stereocenters. The van der Waals surface area contributed by atoms with Crippen LogP contribution in [0.4, 0.5) is 4.79 Å². The molecule has 3 amide bonds. The van der Waals surface area contributed by atoms with E-state index in [4.69, 9.17) is 5.84 Å². The molecule has 5 nitrogen and oxygen atoms in total. The summed E-state index contributed by atoms with van der Waals surface area (Å²) in [6.07, 6.45) is 8.75. The van der Waals surface area contributed by atoms with Gasteiger partial charge < -0.3 is 5.32 Å². The van der Waals surface area contributed by atoms with Gasteiger partial charge in [-0.15, -0.1) is 0 Å². The van der Waals surface area contributed by atoms with Crippen molar-refractivity contribution in [3.05, 3.63) is 0 Å². The zero-order valence-electron chi connectivity index (χ0n) is 11.1. The maximum absolute atomic E-state index is 12.0. The molecule has 3 N–H and O–H groups in total. The van der Waals surface area contributed by atoms with Crippen molar-refractivity contribution in [2.24, 2.45) is 29.0 Å². The SMILES string of the molecule is NN1C(=O)NC(CC23CC4CC(CC(C4)C2)C3)C1=O. The van der Waals surface area contributed by atoms with Crippen LogP contribution in [-0.2, 0) is 4.79 Å². The Kier molecular flexibility index (Phi) is 2.29. The molecule has 1 heterocycles. The van der Waals surface area contributed by atoms with Gasteiger partial charge in [-0.2, -0.15) is 5.01 Å². The second-order valence-electron chi connectivity index (χ2n) is 7.33. The normalized spacial score (nSPS) is 47.9. The van der Waals surface area contributed by atoms with Gasteiger partial charge in [0.25, 0.3) is 5.91 Å². The molecule has 0 aromatic heterocycles. The summed E-state index contributed by atoms with van der Waals surface area (Å²) >= 11 is 0. The first-order chi connectivity index (χ1) is 9.05. The highest BCUT2D eigenvalue weighted by molar-refractivity contribution is 6.03. The van der Waals surface area contributed by atoms with Crippen molar-refractivity contribution in [1.29, 1.82) is 0 Å². The number of hydrogen-bond donors (Lipinski definition) is 2. The first-order valence-corrected chi connectivity index (χ1v) is 7.44. The number of carbonyl (C=O) groups is 2. The molecule has 0 aromatic rings. The first-order valence-electron chi connectivity index (χ1n) is 7.44. The lowest BCUT2D eigenvalue weighted by Gasteiger charge is -2.57. The average molecular weight is 263 g/mol. The van der Waals surface area contributed by atoms with Crippen molar-refractivity contribution in [3.8, 4) is 0 Å². The largest absolute Gasteiger partial charge is 0.339 e. The van der Waals surface area contributed by atoms with E-state index in [0.29, 0.717) is 5.41 Å². The molecule has 4 bridgehead atoms. The Bertz CT molecular complexity index is 413. The minimum atomic E-state index is -0.445. The molecule has 0 aromatic carbocycles. The third-order valence-corrected chi connectivity index (χ3v) is 5.85. The van der Waals surface area contributed by atoms with Crippen LogP contribution in [-0.4, -0.2) is 23.0 Å². The predicted octanol–water partition coefficient (Wildman–Crippen LogP) is 1.39. The molecule has 104 valence electrons. The van der Waals surface area contributed by atoms with Gasteiger partial charge in [0, 0.05) is 0 Å². The number of amides is 3. The van der Waals surface area contributed by atoms with E-state index in [1.54, 1.807) is 0 Å². The topological polar surface area (TPSA) is 75.4 Å². The Hall–Kier alpha value is -1.10. The maximum atomic E-state index is 12.0. The number of imide groups is 1. The minimum Gasteiger partial charge on any atom is -0.325 e. The van der Waals surface area contributed by atoms with Crippen molar-refractivity contribution in [3.63, 3.8) is 0 Å². The van der Waals surface area contributed by atoms with Crippen LogP contribution in [0.2, 0.25) is 0 Å². The summed E-state index contributed by atoms with van der Waals surface area (Å²) in [5, 5.41) is 3.48. The molecule has 1 aliphatic heterocycles. The van der Waals surface area contributed by atoms with Crippen LogP contribution in [0.1, 0.15) is 44.9 Å². The zero-order valence-corrected chi connectivity index (χ0v) is 11.1. The van der Waals surface area contributed by atoms with Gasteiger partial charge in [-0.1, -0.05) is 0 Å². The molecule has 5 heteroatoms. The highest BCUT2D eigenvalue weighted by Crippen LogP contribution is 2.61. The second-order valence-corrected chi connectivity index (χ2v) is 7.33. The molecule has 5 fully saturated rings. The summed E-state index contributed by atoms with van der Waals surface area (Å²) in [6.45, 7) is 0. The summed E-state index contributed by atoms with van der Waals surface area (Å²) in [5.41, 5.74) is 0.299. The molecule has 19 heavy (non-hydrogen) atoms. The summed E-state index contributed by atoms with van der Waals surface area (Å²) in [6, 6.07) is -0.825. The van der Waals surface area contributed by atoms with Crippen LogP contribution in [0, 0.1) is 23.2 Å². The van der Waals surface area contributed by atoms with Crippen LogP contribution >= 0.6 is 0 Å². The third-order valence-electron chi connectivity index (χ3n) is 5.85. The Labute approximate surface area is 112 Å². The number of nitrogens with zero attached hydrogens (tertiary/aromatic N) is 1. The van der Waals surface area contributed by atoms with Gasteiger partial charge in [-0.3, -0.25) is 4.79 Å². The third kappa shape index (κ3) is 1.71. The van der Waals surface area contributed by atoms with Crippen molar-refractivity contribution in [1.82, 2.24) is 10.3 Å². The lowest BCUT2D eigenvalue weighted by atomic mass is 9.48. The van der Waals surface area contributed by atoms with Crippen LogP contribution in [0.15, 0.2) is 0 Å². The summed E-state index contributed by atoms with van der Waals surface area (Å²) in [4.78, 5) is 23.4.